The first-order valence-electron chi connectivity index (χ1n) is 7.46. The summed E-state index contributed by atoms with van der Waals surface area (Å²) in [6, 6.07) is 4.81. The van der Waals surface area contributed by atoms with Crippen LogP contribution in [0.2, 0.25) is 0 Å². The highest BCUT2D eigenvalue weighted by molar-refractivity contribution is 7.13. The van der Waals surface area contributed by atoms with Crippen molar-refractivity contribution in [2.24, 2.45) is 5.10 Å². The molecule has 0 spiro atoms. The number of hydrogen-bond donors (Lipinski definition) is 1. The SMILES string of the molecule is Cc1csc(NN=Cc2cc([N+](=O)[O-])ccc2N2CCOCC2)n1. The maximum absolute atomic E-state index is 11.0. The highest BCUT2D eigenvalue weighted by Crippen LogP contribution is 2.25. The quantitative estimate of drug-likeness (QED) is 0.508. The Bertz CT molecular complexity index is 755. The fourth-order valence-electron chi connectivity index (χ4n) is 2.41. The van der Waals surface area contributed by atoms with Crippen LogP contribution in [-0.4, -0.2) is 42.4 Å². The molecular weight excluding hydrogens is 330 g/mol. The topological polar surface area (TPSA) is 92.9 Å². The predicted octanol–water partition coefficient (Wildman–Crippen LogP) is 2.64. The molecule has 3 rings (SSSR count). The Kier molecular flexibility index (Phi) is 5.02. The van der Waals surface area contributed by atoms with Gasteiger partial charge < -0.3 is 9.64 Å². The maximum atomic E-state index is 11.0. The van der Waals surface area contributed by atoms with Crippen molar-refractivity contribution in [2.45, 2.75) is 6.92 Å². The third-order valence-corrected chi connectivity index (χ3v) is 4.42. The number of morpholine rings is 1. The number of nitro benzene ring substituents is 1. The Balaban J connectivity index is 1.84. The highest BCUT2D eigenvalue weighted by Gasteiger charge is 2.17. The molecule has 2 heterocycles. The Morgan fingerprint density at radius 2 is 2.25 bits per heavy atom. The fourth-order valence-corrected chi connectivity index (χ4v) is 3.05. The number of nitrogens with zero attached hydrogens (tertiary/aromatic N) is 4. The molecule has 126 valence electrons. The zero-order chi connectivity index (χ0) is 16.9. The number of hydrogen-bond acceptors (Lipinski definition) is 8. The van der Waals surface area contributed by atoms with E-state index in [0.717, 1.165) is 24.5 Å². The molecule has 0 atom stereocenters. The van der Waals surface area contributed by atoms with Crippen LogP contribution in [-0.2, 0) is 4.74 Å². The molecule has 1 saturated heterocycles. The molecule has 1 aliphatic rings. The van der Waals surface area contributed by atoms with E-state index in [1.165, 1.54) is 23.5 Å². The number of aryl methyl sites for hydroxylation is 1. The third-order valence-electron chi connectivity index (χ3n) is 3.56. The Hall–Kier alpha value is -2.52. The lowest BCUT2D eigenvalue weighted by Crippen LogP contribution is -2.36. The van der Waals surface area contributed by atoms with Crippen LogP contribution in [0.5, 0.6) is 0 Å². The third kappa shape index (κ3) is 3.87. The molecule has 0 amide bonds. The van der Waals surface area contributed by atoms with Crippen molar-refractivity contribution < 1.29 is 9.66 Å². The Morgan fingerprint density at radius 3 is 2.92 bits per heavy atom. The second-order valence-corrected chi connectivity index (χ2v) is 6.12. The van der Waals surface area contributed by atoms with E-state index in [1.54, 1.807) is 12.3 Å². The number of benzene rings is 1. The predicted molar refractivity (Wildman–Crippen MR) is 94.2 cm³/mol. The first-order chi connectivity index (χ1) is 11.6. The highest BCUT2D eigenvalue weighted by atomic mass is 32.1. The van der Waals surface area contributed by atoms with E-state index in [2.05, 4.69) is 20.4 Å². The molecule has 0 aliphatic carbocycles. The van der Waals surface area contributed by atoms with E-state index in [9.17, 15) is 10.1 Å². The minimum absolute atomic E-state index is 0.0403. The monoisotopic (exact) mass is 347 g/mol. The summed E-state index contributed by atoms with van der Waals surface area (Å²) in [5, 5.41) is 17.8. The standard InChI is InChI=1S/C15H17N5O3S/c1-11-10-24-15(17-11)18-16-9-12-8-13(20(21)22)2-3-14(12)19-4-6-23-7-5-19/h2-3,8-10H,4-7H2,1H3,(H,17,18). The Labute approximate surface area is 142 Å². The molecule has 1 fully saturated rings. The zero-order valence-corrected chi connectivity index (χ0v) is 14.0. The van der Waals surface area contributed by atoms with Gasteiger partial charge in [-0.25, -0.2) is 4.98 Å². The number of aromatic nitrogens is 1. The van der Waals surface area contributed by atoms with Crippen molar-refractivity contribution in [1.29, 1.82) is 0 Å². The molecule has 9 heteroatoms. The van der Waals surface area contributed by atoms with Gasteiger partial charge in [0.15, 0.2) is 0 Å². The molecule has 8 nitrogen and oxygen atoms in total. The number of anilines is 2. The number of nitro groups is 1. The number of nitrogens with one attached hydrogen (secondary N) is 1. The fraction of sp³-hybridized carbons (Fsp3) is 0.333. The molecule has 0 unspecified atom stereocenters. The molecule has 0 bridgehead atoms. The number of non-ortho nitro benzene ring substituents is 1. The molecule has 0 saturated carbocycles. The van der Waals surface area contributed by atoms with E-state index in [-0.39, 0.29) is 5.69 Å². The lowest BCUT2D eigenvalue weighted by molar-refractivity contribution is -0.384. The van der Waals surface area contributed by atoms with Crippen LogP contribution >= 0.6 is 11.3 Å². The Morgan fingerprint density at radius 1 is 1.46 bits per heavy atom. The van der Waals surface area contributed by atoms with Gasteiger partial charge in [0.05, 0.1) is 30.0 Å². The van der Waals surface area contributed by atoms with Gasteiger partial charge in [-0.2, -0.15) is 5.10 Å². The molecule has 1 aliphatic heterocycles. The summed E-state index contributed by atoms with van der Waals surface area (Å²) < 4.78 is 5.36. The summed E-state index contributed by atoms with van der Waals surface area (Å²) in [5.41, 5.74) is 5.41. The minimum atomic E-state index is -0.405. The molecule has 1 aromatic heterocycles. The van der Waals surface area contributed by atoms with E-state index < -0.39 is 4.92 Å². The van der Waals surface area contributed by atoms with Gasteiger partial charge in [-0.05, 0) is 13.0 Å². The van der Waals surface area contributed by atoms with Gasteiger partial charge in [0.25, 0.3) is 5.69 Å². The van der Waals surface area contributed by atoms with Gasteiger partial charge in [0.2, 0.25) is 5.13 Å². The number of hydrazone groups is 1. The normalized spacial score (nSPS) is 15.0. The summed E-state index contributed by atoms with van der Waals surface area (Å²) in [5.74, 6) is 0. The van der Waals surface area contributed by atoms with E-state index in [1.807, 2.05) is 12.3 Å². The van der Waals surface area contributed by atoms with Crippen molar-refractivity contribution in [3.05, 3.63) is 45.0 Å². The molecular formula is C15H17N5O3S. The van der Waals surface area contributed by atoms with Gasteiger partial charge >= 0.3 is 0 Å². The van der Waals surface area contributed by atoms with Crippen molar-refractivity contribution in [2.75, 3.05) is 36.6 Å². The average Bonchev–Trinajstić information content (AvgIpc) is 3.01. The van der Waals surface area contributed by atoms with Crippen molar-refractivity contribution in [3.8, 4) is 0 Å². The number of ether oxygens (including phenoxy) is 1. The summed E-state index contributed by atoms with van der Waals surface area (Å²) in [6.07, 6.45) is 1.59. The van der Waals surface area contributed by atoms with Crippen LogP contribution in [0.15, 0.2) is 28.7 Å². The van der Waals surface area contributed by atoms with Crippen LogP contribution in [0, 0.1) is 17.0 Å². The van der Waals surface area contributed by atoms with Crippen LogP contribution in [0.25, 0.3) is 0 Å². The molecule has 24 heavy (non-hydrogen) atoms. The largest absolute Gasteiger partial charge is 0.378 e. The second kappa shape index (κ2) is 7.37. The van der Waals surface area contributed by atoms with Gasteiger partial charge in [0, 0.05) is 41.9 Å². The van der Waals surface area contributed by atoms with Crippen LogP contribution in [0.3, 0.4) is 0 Å². The first kappa shape index (κ1) is 16.3. The summed E-state index contributed by atoms with van der Waals surface area (Å²) >= 11 is 1.45. The zero-order valence-electron chi connectivity index (χ0n) is 13.1. The van der Waals surface area contributed by atoms with Crippen molar-refractivity contribution in [3.63, 3.8) is 0 Å². The average molecular weight is 347 g/mol. The van der Waals surface area contributed by atoms with Crippen molar-refractivity contribution in [1.82, 2.24) is 4.98 Å². The summed E-state index contributed by atoms with van der Waals surface area (Å²) in [6.45, 7) is 4.69. The van der Waals surface area contributed by atoms with Gasteiger partial charge in [0.1, 0.15) is 0 Å². The lowest BCUT2D eigenvalue weighted by atomic mass is 10.1. The lowest BCUT2D eigenvalue weighted by Gasteiger charge is -2.29. The van der Waals surface area contributed by atoms with Crippen LogP contribution in [0.1, 0.15) is 11.3 Å². The molecule has 0 radical (unpaired) electrons. The molecule has 1 N–H and O–H groups in total. The number of thiazole rings is 1. The first-order valence-corrected chi connectivity index (χ1v) is 8.34. The second-order valence-electron chi connectivity index (χ2n) is 5.26. The van der Waals surface area contributed by atoms with E-state index in [0.29, 0.717) is 23.9 Å². The van der Waals surface area contributed by atoms with Crippen LogP contribution < -0.4 is 10.3 Å². The smallest absolute Gasteiger partial charge is 0.270 e. The molecule has 2 aromatic rings. The van der Waals surface area contributed by atoms with E-state index in [4.69, 9.17) is 4.74 Å². The van der Waals surface area contributed by atoms with Crippen LogP contribution in [0.4, 0.5) is 16.5 Å². The van der Waals surface area contributed by atoms with Crippen molar-refractivity contribution >= 4 is 34.1 Å². The van der Waals surface area contributed by atoms with E-state index >= 15 is 0 Å². The molecule has 1 aromatic carbocycles. The van der Waals surface area contributed by atoms with Gasteiger partial charge in [-0.3, -0.25) is 15.5 Å². The minimum Gasteiger partial charge on any atom is -0.378 e. The van der Waals surface area contributed by atoms with Gasteiger partial charge in [-0.15, -0.1) is 11.3 Å². The maximum Gasteiger partial charge on any atom is 0.270 e. The number of rotatable bonds is 5. The summed E-state index contributed by atoms with van der Waals surface area (Å²) in [4.78, 5) is 17.0. The summed E-state index contributed by atoms with van der Waals surface area (Å²) in [7, 11) is 0. The van der Waals surface area contributed by atoms with Gasteiger partial charge in [-0.1, -0.05) is 0 Å².